The summed E-state index contributed by atoms with van der Waals surface area (Å²) in [6, 6.07) is 3.65. The van der Waals surface area contributed by atoms with Crippen molar-refractivity contribution in [3.05, 3.63) is 21.3 Å². The van der Waals surface area contributed by atoms with E-state index in [0.29, 0.717) is 23.8 Å². The van der Waals surface area contributed by atoms with Crippen LogP contribution in [0.4, 0.5) is 0 Å². The van der Waals surface area contributed by atoms with Gasteiger partial charge in [-0.25, -0.2) is 0 Å². The van der Waals surface area contributed by atoms with Gasteiger partial charge in [0.15, 0.2) is 0 Å². The molecular formula is C15H19ClN2O4S. The van der Waals surface area contributed by atoms with Crippen molar-refractivity contribution in [2.45, 2.75) is 12.5 Å². The average molecular weight is 359 g/mol. The number of aliphatic hydroxyl groups excluding tert-OH is 2. The molecule has 23 heavy (non-hydrogen) atoms. The predicted octanol–water partition coefficient (Wildman–Crippen LogP) is 0.118. The number of nitrogens with one attached hydrogen (secondary N) is 1. The van der Waals surface area contributed by atoms with E-state index >= 15 is 0 Å². The van der Waals surface area contributed by atoms with Crippen LogP contribution in [0.25, 0.3) is 0 Å². The van der Waals surface area contributed by atoms with Gasteiger partial charge in [-0.3, -0.25) is 9.59 Å². The van der Waals surface area contributed by atoms with E-state index in [1.807, 2.05) is 11.0 Å². The van der Waals surface area contributed by atoms with E-state index in [2.05, 4.69) is 5.32 Å². The molecule has 126 valence electrons. The third kappa shape index (κ3) is 3.68. The van der Waals surface area contributed by atoms with Crippen molar-refractivity contribution in [1.82, 2.24) is 10.2 Å². The van der Waals surface area contributed by atoms with Gasteiger partial charge in [-0.15, -0.1) is 11.3 Å². The van der Waals surface area contributed by atoms with Gasteiger partial charge in [0, 0.05) is 30.4 Å². The van der Waals surface area contributed by atoms with Crippen molar-refractivity contribution in [1.29, 1.82) is 0 Å². The molecule has 0 aromatic carbocycles. The number of amides is 2. The van der Waals surface area contributed by atoms with E-state index in [1.165, 1.54) is 11.3 Å². The molecule has 2 heterocycles. The molecule has 1 aromatic rings. The highest BCUT2D eigenvalue weighted by molar-refractivity contribution is 7.16. The van der Waals surface area contributed by atoms with Crippen molar-refractivity contribution in [2.75, 3.05) is 26.2 Å². The van der Waals surface area contributed by atoms with Crippen LogP contribution in [-0.2, 0) is 16.0 Å². The second-order valence-electron chi connectivity index (χ2n) is 6.12. The summed E-state index contributed by atoms with van der Waals surface area (Å²) < 4.78 is 0.680. The summed E-state index contributed by atoms with van der Waals surface area (Å²) in [4.78, 5) is 27.0. The maximum absolute atomic E-state index is 12.2. The number of rotatable bonds is 6. The fourth-order valence-corrected chi connectivity index (χ4v) is 4.31. The highest BCUT2D eigenvalue weighted by atomic mass is 35.5. The van der Waals surface area contributed by atoms with Crippen LogP contribution < -0.4 is 5.32 Å². The van der Waals surface area contributed by atoms with Gasteiger partial charge in [0.1, 0.15) is 0 Å². The van der Waals surface area contributed by atoms with E-state index in [-0.39, 0.29) is 42.7 Å². The first-order chi connectivity index (χ1) is 11.0. The summed E-state index contributed by atoms with van der Waals surface area (Å²) >= 11 is 7.28. The van der Waals surface area contributed by atoms with Crippen LogP contribution in [0, 0.1) is 17.8 Å². The Balaban J connectivity index is 1.44. The molecule has 3 atom stereocenters. The maximum Gasteiger partial charge on any atom is 0.227 e. The Labute approximate surface area is 143 Å². The Morgan fingerprint density at radius 2 is 2.09 bits per heavy atom. The Kier molecular flexibility index (Phi) is 4.91. The molecule has 2 aliphatic rings. The SMILES string of the molecule is O=C(NCC(O)CO)C1[C@H]2CN(C(=O)Cc3ccc(Cl)s3)C[C@H]12. The summed E-state index contributed by atoms with van der Waals surface area (Å²) in [5, 5.41) is 20.6. The van der Waals surface area contributed by atoms with Gasteiger partial charge >= 0.3 is 0 Å². The second kappa shape index (κ2) is 6.76. The number of carbonyl (C=O) groups is 2. The summed E-state index contributed by atoms with van der Waals surface area (Å²) in [5.41, 5.74) is 0. The Morgan fingerprint density at radius 1 is 1.39 bits per heavy atom. The third-order valence-corrected chi connectivity index (χ3v) is 5.76. The van der Waals surface area contributed by atoms with E-state index in [4.69, 9.17) is 16.7 Å². The Hall–Kier alpha value is -1.15. The predicted molar refractivity (Wildman–Crippen MR) is 86.2 cm³/mol. The Morgan fingerprint density at radius 3 is 2.65 bits per heavy atom. The van der Waals surface area contributed by atoms with Crippen LogP contribution in [0.5, 0.6) is 0 Å². The molecule has 0 spiro atoms. The molecule has 1 aliphatic heterocycles. The van der Waals surface area contributed by atoms with Crippen molar-refractivity contribution in [3.63, 3.8) is 0 Å². The van der Waals surface area contributed by atoms with Crippen LogP contribution in [0.1, 0.15) is 4.88 Å². The zero-order valence-electron chi connectivity index (χ0n) is 12.4. The first-order valence-electron chi connectivity index (χ1n) is 7.58. The zero-order valence-corrected chi connectivity index (χ0v) is 14.0. The largest absolute Gasteiger partial charge is 0.394 e. The third-order valence-electron chi connectivity index (χ3n) is 4.53. The minimum Gasteiger partial charge on any atom is -0.394 e. The molecule has 8 heteroatoms. The number of likely N-dealkylation sites (tertiary alicyclic amines) is 1. The van der Waals surface area contributed by atoms with Crippen molar-refractivity contribution in [3.8, 4) is 0 Å². The number of halogens is 1. The molecular weight excluding hydrogens is 340 g/mol. The summed E-state index contributed by atoms with van der Waals surface area (Å²) in [5.74, 6) is 0.352. The van der Waals surface area contributed by atoms with Gasteiger partial charge < -0.3 is 20.4 Å². The number of carbonyl (C=O) groups excluding carboxylic acids is 2. The standard InChI is InChI=1S/C15H19ClN2O4S/c16-12-2-1-9(23-12)3-13(21)18-5-10-11(6-18)14(10)15(22)17-4-8(20)7-19/h1-2,8,10-11,14,19-20H,3-7H2,(H,17,22)/t8?,10-,11-/m0/s1. The lowest BCUT2D eigenvalue weighted by Gasteiger charge is -2.19. The van der Waals surface area contributed by atoms with Gasteiger partial charge in [0.05, 0.1) is 23.5 Å². The summed E-state index contributed by atoms with van der Waals surface area (Å²) in [7, 11) is 0. The van der Waals surface area contributed by atoms with E-state index in [9.17, 15) is 14.7 Å². The van der Waals surface area contributed by atoms with Gasteiger partial charge in [0.2, 0.25) is 11.8 Å². The molecule has 0 radical (unpaired) electrons. The number of piperidine rings is 1. The maximum atomic E-state index is 12.2. The minimum absolute atomic E-state index is 0.0626. The number of fused-ring (bicyclic) bond motifs is 1. The number of thiophene rings is 1. The van der Waals surface area contributed by atoms with Crippen molar-refractivity contribution < 1.29 is 19.8 Å². The fourth-order valence-electron chi connectivity index (χ4n) is 3.23. The molecule has 3 rings (SSSR count). The van der Waals surface area contributed by atoms with Crippen LogP contribution in [0.15, 0.2) is 12.1 Å². The van der Waals surface area contributed by atoms with Gasteiger partial charge in [-0.05, 0) is 24.0 Å². The molecule has 6 nitrogen and oxygen atoms in total. The molecule has 1 saturated carbocycles. The molecule has 1 unspecified atom stereocenters. The normalized spacial score (nSPS) is 26.7. The molecule has 2 fully saturated rings. The summed E-state index contributed by atoms with van der Waals surface area (Å²) in [6.45, 7) is 0.923. The molecule has 0 bridgehead atoms. The van der Waals surface area contributed by atoms with Gasteiger partial charge in [-0.2, -0.15) is 0 Å². The lowest BCUT2D eigenvalue weighted by molar-refractivity contribution is -0.131. The Bertz CT molecular complexity index is 596. The first kappa shape index (κ1) is 16.7. The van der Waals surface area contributed by atoms with Crippen LogP contribution >= 0.6 is 22.9 Å². The minimum atomic E-state index is -0.923. The quantitative estimate of drug-likeness (QED) is 0.673. The number of hydrogen-bond acceptors (Lipinski definition) is 5. The molecule has 3 N–H and O–H groups in total. The van der Waals surface area contributed by atoms with Crippen LogP contribution in [0.3, 0.4) is 0 Å². The van der Waals surface area contributed by atoms with Gasteiger partial charge in [0.25, 0.3) is 0 Å². The number of nitrogens with zero attached hydrogens (tertiary/aromatic N) is 1. The molecule has 2 amide bonds. The van der Waals surface area contributed by atoms with E-state index in [1.54, 1.807) is 6.07 Å². The van der Waals surface area contributed by atoms with Crippen molar-refractivity contribution in [2.24, 2.45) is 17.8 Å². The smallest absolute Gasteiger partial charge is 0.227 e. The topological polar surface area (TPSA) is 89.9 Å². The van der Waals surface area contributed by atoms with Crippen LogP contribution in [-0.4, -0.2) is 59.3 Å². The number of aliphatic hydroxyl groups is 2. The van der Waals surface area contributed by atoms with E-state index < -0.39 is 6.10 Å². The highest BCUT2D eigenvalue weighted by Gasteiger charge is 2.60. The molecule has 1 aromatic heterocycles. The second-order valence-corrected chi connectivity index (χ2v) is 7.92. The number of hydrogen-bond donors (Lipinski definition) is 3. The first-order valence-corrected chi connectivity index (χ1v) is 8.77. The molecule has 1 aliphatic carbocycles. The lowest BCUT2D eigenvalue weighted by atomic mass is 10.2. The average Bonchev–Trinajstić information content (AvgIpc) is 2.87. The lowest BCUT2D eigenvalue weighted by Crippen LogP contribution is -2.38. The van der Waals surface area contributed by atoms with E-state index in [0.717, 1.165) is 4.88 Å². The molecule has 1 saturated heterocycles. The highest BCUT2D eigenvalue weighted by Crippen LogP contribution is 2.51. The van der Waals surface area contributed by atoms with Crippen molar-refractivity contribution >= 4 is 34.8 Å². The zero-order chi connectivity index (χ0) is 16.6. The fraction of sp³-hybridized carbons (Fsp3) is 0.600. The monoisotopic (exact) mass is 358 g/mol. The van der Waals surface area contributed by atoms with Gasteiger partial charge in [-0.1, -0.05) is 11.6 Å². The van der Waals surface area contributed by atoms with Crippen LogP contribution in [0.2, 0.25) is 4.34 Å². The summed E-state index contributed by atoms with van der Waals surface area (Å²) in [6.07, 6.45) is -0.565.